The lowest BCUT2D eigenvalue weighted by Crippen LogP contribution is -2.21. The summed E-state index contributed by atoms with van der Waals surface area (Å²) in [6.45, 7) is 0.528. The van der Waals surface area contributed by atoms with Crippen LogP contribution in [0.5, 0.6) is 5.75 Å². The average molecular weight is 280 g/mol. The van der Waals surface area contributed by atoms with Crippen LogP contribution in [-0.4, -0.2) is 12.5 Å². The molecule has 0 spiro atoms. The quantitative estimate of drug-likeness (QED) is 0.920. The van der Waals surface area contributed by atoms with Crippen molar-refractivity contribution in [3.63, 3.8) is 0 Å². The van der Waals surface area contributed by atoms with Crippen molar-refractivity contribution in [1.29, 1.82) is 0 Å². The Morgan fingerprint density at radius 2 is 2.07 bits per heavy atom. The number of benzene rings is 1. The summed E-state index contributed by atoms with van der Waals surface area (Å²) in [6.07, 6.45) is 0. The van der Waals surface area contributed by atoms with E-state index in [0.29, 0.717) is 12.3 Å². The van der Waals surface area contributed by atoms with Crippen molar-refractivity contribution in [3.05, 3.63) is 28.2 Å². The smallest absolute Gasteiger partial charge is 0.278 e. The Hall–Kier alpha value is -0.680. The van der Waals surface area contributed by atoms with E-state index in [2.05, 4.69) is 15.9 Å². The lowest BCUT2D eigenvalue weighted by Gasteiger charge is -2.13. The Morgan fingerprint density at radius 1 is 1.40 bits per heavy atom. The topological polar surface area (TPSA) is 35.2 Å². The van der Waals surface area contributed by atoms with Crippen molar-refractivity contribution < 1.29 is 13.5 Å². The van der Waals surface area contributed by atoms with Gasteiger partial charge in [0.05, 0.1) is 0 Å². The third-order valence-electron chi connectivity index (χ3n) is 1.66. The molecule has 1 aromatic rings. The van der Waals surface area contributed by atoms with E-state index in [9.17, 15) is 8.78 Å². The third kappa shape index (κ3) is 4.57. The Bertz CT molecular complexity index is 339. The van der Waals surface area contributed by atoms with E-state index in [1.807, 2.05) is 6.07 Å². The molecule has 0 aromatic heterocycles. The average Bonchev–Trinajstić information content (AvgIpc) is 2.13. The van der Waals surface area contributed by atoms with Gasteiger partial charge in [0.1, 0.15) is 5.75 Å². The summed E-state index contributed by atoms with van der Waals surface area (Å²) in [5.74, 6) is -2.43. The zero-order chi connectivity index (χ0) is 11.5. The second-order valence-corrected chi connectivity index (χ2v) is 4.27. The van der Waals surface area contributed by atoms with Crippen molar-refractivity contribution in [2.45, 2.75) is 19.4 Å². The van der Waals surface area contributed by atoms with E-state index in [0.717, 1.165) is 17.0 Å². The van der Waals surface area contributed by atoms with Gasteiger partial charge in [0.25, 0.3) is 5.92 Å². The van der Waals surface area contributed by atoms with E-state index < -0.39 is 12.5 Å². The minimum Gasteiger partial charge on any atom is -0.487 e. The van der Waals surface area contributed by atoms with Crippen LogP contribution in [0, 0.1) is 0 Å². The van der Waals surface area contributed by atoms with Gasteiger partial charge in [-0.05, 0) is 23.8 Å². The Labute approximate surface area is 95.5 Å². The molecule has 0 saturated heterocycles. The molecule has 0 unspecified atom stereocenters. The maximum atomic E-state index is 12.5. The third-order valence-corrected chi connectivity index (χ3v) is 2.12. The first-order valence-electron chi connectivity index (χ1n) is 4.41. The molecule has 0 aliphatic heterocycles. The summed E-state index contributed by atoms with van der Waals surface area (Å²) in [7, 11) is 0. The van der Waals surface area contributed by atoms with Crippen LogP contribution in [-0.2, 0) is 6.54 Å². The first-order chi connectivity index (χ1) is 6.90. The maximum absolute atomic E-state index is 12.5. The molecule has 0 atom stereocenters. The predicted molar refractivity (Wildman–Crippen MR) is 58.1 cm³/mol. The van der Waals surface area contributed by atoms with Crippen LogP contribution < -0.4 is 10.5 Å². The Morgan fingerprint density at radius 3 is 2.60 bits per heavy atom. The standard InChI is InChI=1S/C10H12BrF2NO/c1-10(12,13)6-15-9-3-7(5-14)2-8(11)4-9/h2-4H,5-6,14H2,1H3. The number of rotatable bonds is 4. The van der Waals surface area contributed by atoms with Gasteiger partial charge in [0, 0.05) is 17.9 Å². The first-order valence-corrected chi connectivity index (χ1v) is 5.20. The molecule has 1 aromatic carbocycles. The van der Waals surface area contributed by atoms with Gasteiger partial charge in [-0.1, -0.05) is 15.9 Å². The van der Waals surface area contributed by atoms with Crippen molar-refractivity contribution in [2.75, 3.05) is 6.61 Å². The van der Waals surface area contributed by atoms with Gasteiger partial charge in [-0.15, -0.1) is 0 Å². The normalized spacial score (nSPS) is 11.5. The highest BCUT2D eigenvalue weighted by atomic mass is 79.9. The minimum absolute atomic E-state index is 0.346. The molecule has 0 radical (unpaired) electrons. The molecular weight excluding hydrogens is 268 g/mol. The fourth-order valence-corrected chi connectivity index (χ4v) is 1.55. The molecule has 1 rings (SSSR count). The predicted octanol–water partition coefficient (Wildman–Crippen LogP) is 2.94. The molecule has 0 heterocycles. The summed E-state index contributed by atoms with van der Waals surface area (Å²) < 4.78 is 30.8. The van der Waals surface area contributed by atoms with Gasteiger partial charge in [-0.3, -0.25) is 0 Å². The second-order valence-electron chi connectivity index (χ2n) is 3.36. The van der Waals surface area contributed by atoms with Crippen LogP contribution in [0.25, 0.3) is 0 Å². The number of ether oxygens (including phenoxy) is 1. The molecule has 2 nitrogen and oxygen atoms in total. The summed E-state index contributed by atoms with van der Waals surface area (Å²) in [5, 5.41) is 0. The molecule has 0 fully saturated rings. The highest BCUT2D eigenvalue weighted by Gasteiger charge is 2.22. The molecule has 0 bridgehead atoms. The zero-order valence-corrected chi connectivity index (χ0v) is 9.85. The number of hydrogen-bond acceptors (Lipinski definition) is 2. The molecular formula is C10H12BrF2NO. The van der Waals surface area contributed by atoms with Gasteiger partial charge in [-0.25, -0.2) is 8.78 Å². The zero-order valence-electron chi connectivity index (χ0n) is 8.27. The number of nitrogens with two attached hydrogens (primary N) is 1. The minimum atomic E-state index is -2.83. The van der Waals surface area contributed by atoms with E-state index >= 15 is 0 Å². The van der Waals surface area contributed by atoms with E-state index in [1.54, 1.807) is 12.1 Å². The Balaban J connectivity index is 2.73. The fourth-order valence-electron chi connectivity index (χ4n) is 1.03. The molecule has 0 amide bonds. The van der Waals surface area contributed by atoms with Crippen LogP contribution in [0.2, 0.25) is 0 Å². The SMILES string of the molecule is CC(F)(F)COc1cc(Br)cc(CN)c1. The van der Waals surface area contributed by atoms with Crippen molar-refractivity contribution in [1.82, 2.24) is 0 Å². The first kappa shape index (κ1) is 12.4. The molecule has 0 aliphatic rings. The van der Waals surface area contributed by atoms with Crippen molar-refractivity contribution >= 4 is 15.9 Å². The van der Waals surface area contributed by atoms with Crippen molar-refractivity contribution in [2.24, 2.45) is 5.73 Å². The van der Waals surface area contributed by atoms with Crippen molar-refractivity contribution in [3.8, 4) is 5.75 Å². The summed E-state index contributed by atoms with van der Waals surface area (Å²) in [6, 6.07) is 5.10. The number of hydrogen-bond donors (Lipinski definition) is 1. The fraction of sp³-hybridized carbons (Fsp3) is 0.400. The summed E-state index contributed by atoms with van der Waals surface area (Å²) in [5.41, 5.74) is 6.28. The van der Waals surface area contributed by atoms with E-state index in [-0.39, 0.29) is 0 Å². The molecule has 0 aliphatic carbocycles. The highest BCUT2D eigenvalue weighted by Crippen LogP contribution is 2.23. The largest absolute Gasteiger partial charge is 0.487 e. The van der Waals surface area contributed by atoms with Crippen LogP contribution in [0.3, 0.4) is 0 Å². The highest BCUT2D eigenvalue weighted by molar-refractivity contribution is 9.10. The number of alkyl halides is 2. The second kappa shape index (κ2) is 4.90. The molecule has 0 saturated carbocycles. The van der Waals surface area contributed by atoms with Crippen LogP contribution in [0.15, 0.2) is 22.7 Å². The van der Waals surface area contributed by atoms with E-state index in [1.165, 1.54) is 0 Å². The lowest BCUT2D eigenvalue weighted by atomic mass is 10.2. The Kier molecular flexibility index (Phi) is 4.04. The monoisotopic (exact) mass is 279 g/mol. The van der Waals surface area contributed by atoms with Crippen LogP contribution in [0.4, 0.5) is 8.78 Å². The van der Waals surface area contributed by atoms with Gasteiger partial charge in [0.15, 0.2) is 6.61 Å². The molecule has 84 valence electrons. The van der Waals surface area contributed by atoms with Gasteiger partial charge >= 0.3 is 0 Å². The summed E-state index contributed by atoms with van der Waals surface area (Å²) >= 11 is 3.25. The summed E-state index contributed by atoms with van der Waals surface area (Å²) in [4.78, 5) is 0. The van der Waals surface area contributed by atoms with E-state index in [4.69, 9.17) is 10.5 Å². The molecule has 15 heavy (non-hydrogen) atoms. The van der Waals surface area contributed by atoms with Gasteiger partial charge in [0.2, 0.25) is 0 Å². The maximum Gasteiger partial charge on any atom is 0.278 e. The van der Waals surface area contributed by atoms with Crippen LogP contribution >= 0.6 is 15.9 Å². The van der Waals surface area contributed by atoms with Gasteiger partial charge in [-0.2, -0.15) is 0 Å². The molecule has 5 heteroatoms. The van der Waals surface area contributed by atoms with Crippen LogP contribution in [0.1, 0.15) is 12.5 Å². The lowest BCUT2D eigenvalue weighted by molar-refractivity contribution is -0.0230. The molecule has 2 N–H and O–H groups in total. The number of halogens is 3. The van der Waals surface area contributed by atoms with Gasteiger partial charge < -0.3 is 10.5 Å².